The number of nitrogens with zero attached hydrogens (tertiary/aromatic N) is 2. The Morgan fingerprint density at radius 2 is 1.57 bits per heavy atom. The first kappa shape index (κ1) is 16.6. The van der Waals surface area contributed by atoms with Crippen molar-refractivity contribution in [3.63, 3.8) is 0 Å². The molecule has 0 aromatic rings. The first-order chi connectivity index (χ1) is 10.8. The van der Waals surface area contributed by atoms with Crippen LogP contribution in [0, 0.1) is 11.3 Å². The fourth-order valence-corrected chi connectivity index (χ4v) is 4.30. The van der Waals surface area contributed by atoms with Crippen LogP contribution in [0.15, 0.2) is 0 Å². The van der Waals surface area contributed by atoms with E-state index in [1.807, 2.05) is 25.7 Å². The lowest BCUT2D eigenvalue weighted by atomic mass is 9.86. The third-order valence-corrected chi connectivity index (χ3v) is 5.54. The molecule has 0 radical (unpaired) electrons. The van der Waals surface area contributed by atoms with Crippen molar-refractivity contribution in [3.8, 4) is 0 Å². The van der Waals surface area contributed by atoms with E-state index in [4.69, 9.17) is 4.74 Å². The van der Waals surface area contributed by atoms with E-state index in [1.54, 1.807) is 0 Å². The maximum absolute atomic E-state index is 12.6. The molecule has 1 aliphatic carbocycles. The molecule has 0 bridgehead atoms. The Kier molecular flexibility index (Phi) is 4.32. The largest absolute Gasteiger partial charge is 0.444 e. The second-order valence-electron chi connectivity index (χ2n) is 8.64. The summed E-state index contributed by atoms with van der Waals surface area (Å²) in [7, 11) is 0. The summed E-state index contributed by atoms with van der Waals surface area (Å²) in [5.41, 5.74) is -0.349. The quantitative estimate of drug-likeness (QED) is 0.745. The van der Waals surface area contributed by atoms with Crippen LogP contribution in [0.3, 0.4) is 0 Å². The van der Waals surface area contributed by atoms with Gasteiger partial charge in [-0.2, -0.15) is 0 Å². The Balaban J connectivity index is 1.56. The molecule has 1 saturated carbocycles. The Hall–Kier alpha value is -1.26. The number of carbonyl (C=O) groups is 2. The zero-order valence-corrected chi connectivity index (χ0v) is 14.8. The Morgan fingerprint density at radius 1 is 1.00 bits per heavy atom. The number of amides is 2. The van der Waals surface area contributed by atoms with E-state index in [-0.39, 0.29) is 17.4 Å². The molecular formula is C18H30N2O3. The van der Waals surface area contributed by atoms with E-state index in [9.17, 15) is 9.59 Å². The van der Waals surface area contributed by atoms with E-state index in [1.165, 1.54) is 12.8 Å². The third-order valence-electron chi connectivity index (χ3n) is 5.54. The highest BCUT2D eigenvalue weighted by atomic mass is 16.6. The fourth-order valence-electron chi connectivity index (χ4n) is 4.30. The lowest BCUT2D eigenvalue weighted by Crippen LogP contribution is -2.39. The van der Waals surface area contributed by atoms with Crippen LogP contribution < -0.4 is 0 Å². The predicted octanol–water partition coefficient (Wildman–Crippen LogP) is 3.04. The second kappa shape index (κ2) is 5.99. The molecule has 0 aromatic carbocycles. The minimum absolute atomic E-state index is 0.102. The average molecular weight is 322 g/mol. The molecule has 5 heteroatoms. The fraction of sp³-hybridized carbons (Fsp3) is 0.889. The Bertz CT molecular complexity index is 479. The Labute approximate surface area is 139 Å². The van der Waals surface area contributed by atoms with Gasteiger partial charge in [-0.05, 0) is 46.5 Å². The molecule has 3 rings (SSSR count). The molecular weight excluding hydrogens is 292 g/mol. The van der Waals surface area contributed by atoms with Crippen LogP contribution in [-0.2, 0) is 9.53 Å². The van der Waals surface area contributed by atoms with Gasteiger partial charge in [-0.1, -0.05) is 12.8 Å². The highest BCUT2D eigenvalue weighted by molar-refractivity contribution is 5.79. The van der Waals surface area contributed by atoms with Gasteiger partial charge >= 0.3 is 6.09 Å². The Morgan fingerprint density at radius 3 is 2.17 bits per heavy atom. The molecule has 2 amide bonds. The van der Waals surface area contributed by atoms with Gasteiger partial charge in [0.25, 0.3) is 0 Å². The molecule has 2 saturated heterocycles. The zero-order chi connectivity index (χ0) is 16.7. The molecule has 3 aliphatic rings. The summed E-state index contributed by atoms with van der Waals surface area (Å²) in [6.07, 6.45) is 6.31. The topological polar surface area (TPSA) is 49.9 Å². The molecule has 1 atom stereocenters. The summed E-state index contributed by atoms with van der Waals surface area (Å²) in [4.78, 5) is 28.8. The van der Waals surface area contributed by atoms with Gasteiger partial charge in [0, 0.05) is 37.5 Å². The van der Waals surface area contributed by atoms with Crippen molar-refractivity contribution in [2.75, 3.05) is 26.2 Å². The first-order valence-electron chi connectivity index (χ1n) is 9.05. The number of hydrogen-bond donors (Lipinski definition) is 0. The molecule has 2 aliphatic heterocycles. The second-order valence-corrected chi connectivity index (χ2v) is 8.64. The lowest BCUT2D eigenvalue weighted by molar-refractivity contribution is -0.134. The number of likely N-dealkylation sites (tertiary alicyclic amines) is 2. The smallest absolute Gasteiger partial charge is 0.410 e. The molecule has 2 heterocycles. The average Bonchev–Trinajstić information content (AvgIpc) is 3.18. The monoisotopic (exact) mass is 322 g/mol. The molecule has 1 unspecified atom stereocenters. The minimum Gasteiger partial charge on any atom is -0.444 e. The number of hydrogen-bond acceptors (Lipinski definition) is 3. The molecule has 0 aromatic heterocycles. The van der Waals surface area contributed by atoms with E-state index in [0.717, 1.165) is 51.9 Å². The van der Waals surface area contributed by atoms with Crippen molar-refractivity contribution in [2.45, 2.75) is 64.9 Å². The zero-order valence-electron chi connectivity index (χ0n) is 14.8. The maximum atomic E-state index is 12.6. The molecule has 23 heavy (non-hydrogen) atoms. The number of carbonyl (C=O) groups excluding carboxylic acids is 2. The van der Waals surface area contributed by atoms with Gasteiger partial charge in [0.05, 0.1) is 0 Å². The molecule has 5 nitrogen and oxygen atoms in total. The van der Waals surface area contributed by atoms with Crippen LogP contribution in [0.2, 0.25) is 0 Å². The summed E-state index contributed by atoms with van der Waals surface area (Å²) in [5.74, 6) is 0.614. The van der Waals surface area contributed by atoms with Crippen LogP contribution in [-0.4, -0.2) is 53.6 Å². The van der Waals surface area contributed by atoms with Gasteiger partial charge in [0.15, 0.2) is 0 Å². The van der Waals surface area contributed by atoms with Gasteiger partial charge in [-0.3, -0.25) is 4.79 Å². The van der Waals surface area contributed by atoms with Crippen LogP contribution in [0.1, 0.15) is 59.3 Å². The van der Waals surface area contributed by atoms with E-state index >= 15 is 0 Å². The van der Waals surface area contributed by atoms with Gasteiger partial charge in [0.2, 0.25) is 5.91 Å². The van der Waals surface area contributed by atoms with E-state index in [0.29, 0.717) is 5.91 Å². The van der Waals surface area contributed by atoms with Gasteiger partial charge in [-0.25, -0.2) is 4.79 Å². The van der Waals surface area contributed by atoms with Crippen LogP contribution in [0.5, 0.6) is 0 Å². The minimum atomic E-state index is -0.451. The van der Waals surface area contributed by atoms with E-state index in [2.05, 4.69) is 4.90 Å². The summed E-state index contributed by atoms with van der Waals surface area (Å²) >= 11 is 0. The predicted molar refractivity (Wildman–Crippen MR) is 88.0 cm³/mol. The summed E-state index contributed by atoms with van der Waals surface area (Å²) < 4.78 is 5.49. The van der Waals surface area contributed by atoms with Gasteiger partial charge in [0.1, 0.15) is 5.60 Å². The van der Waals surface area contributed by atoms with Crippen molar-refractivity contribution < 1.29 is 14.3 Å². The lowest BCUT2D eigenvalue weighted by Gasteiger charge is -2.27. The SMILES string of the molecule is CC(C)(C)OC(=O)N1CCC2(CCN(C(=O)C3CCCC3)C2)C1. The van der Waals surface area contributed by atoms with Gasteiger partial charge < -0.3 is 14.5 Å². The normalized spacial score (nSPS) is 28.8. The first-order valence-corrected chi connectivity index (χ1v) is 9.05. The standard InChI is InChI=1S/C18H30N2O3/c1-17(2,3)23-16(22)20-11-9-18(13-20)8-10-19(12-18)15(21)14-6-4-5-7-14/h14H,4-13H2,1-3H3. The molecule has 1 spiro atoms. The summed E-state index contributed by atoms with van der Waals surface area (Å²) in [6, 6.07) is 0. The maximum Gasteiger partial charge on any atom is 0.410 e. The molecule has 0 N–H and O–H groups in total. The van der Waals surface area contributed by atoms with Crippen molar-refractivity contribution >= 4 is 12.0 Å². The number of rotatable bonds is 1. The van der Waals surface area contributed by atoms with Crippen LogP contribution >= 0.6 is 0 Å². The van der Waals surface area contributed by atoms with Crippen molar-refractivity contribution in [3.05, 3.63) is 0 Å². The highest BCUT2D eigenvalue weighted by Gasteiger charge is 2.47. The summed E-state index contributed by atoms with van der Waals surface area (Å²) in [6.45, 7) is 8.85. The van der Waals surface area contributed by atoms with Crippen molar-refractivity contribution in [1.82, 2.24) is 9.80 Å². The van der Waals surface area contributed by atoms with E-state index < -0.39 is 5.60 Å². The number of ether oxygens (including phenoxy) is 1. The van der Waals surface area contributed by atoms with Crippen LogP contribution in [0.4, 0.5) is 4.79 Å². The molecule has 3 fully saturated rings. The highest BCUT2D eigenvalue weighted by Crippen LogP contribution is 2.41. The molecule has 130 valence electrons. The summed E-state index contributed by atoms with van der Waals surface area (Å²) in [5, 5.41) is 0. The third kappa shape index (κ3) is 3.64. The van der Waals surface area contributed by atoms with Crippen molar-refractivity contribution in [1.29, 1.82) is 0 Å². The van der Waals surface area contributed by atoms with Crippen LogP contribution in [0.25, 0.3) is 0 Å². The van der Waals surface area contributed by atoms with Gasteiger partial charge in [-0.15, -0.1) is 0 Å². The van der Waals surface area contributed by atoms with Crippen molar-refractivity contribution in [2.24, 2.45) is 11.3 Å².